The Morgan fingerprint density at radius 2 is 1.89 bits per heavy atom. The van der Waals surface area contributed by atoms with Gasteiger partial charge in [-0.2, -0.15) is 0 Å². The van der Waals surface area contributed by atoms with Crippen molar-refractivity contribution in [2.75, 3.05) is 11.4 Å². The lowest BCUT2D eigenvalue weighted by atomic mass is 9.99. The van der Waals surface area contributed by atoms with Gasteiger partial charge < -0.3 is 9.32 Å². The number of nitrogens with zero attached hydrogens (tertiary/aromatic N) is 1. The van der Waals surface area contributed by atoms with Gasteiger partial charge in [0.2, 0.25) is 0 Å². The van der Waals surface area contributed by atoms with Crippen LogP contribution in [-0.2, 0) is 22.0 Å². The fraction of sp³-hybridized carbons (Fsp3) is 0.227. The molecule has 0 saturated heterocycles. The van der Waals surface area contributed by atoms with Gasteiger partial charge in [0.25, 0.3) is 5.91 Å². The first-order valence-corrected chi connectivity index (χ1v) is 10.9. The van der Waals surface area contributed by atoms with Gasteiger partial charge in [-0.05, 0) is 49.6 Å². The largest absolute Gasteiger partial charge is 0.459 e. The average Bonchev–Trinajstić information content (AvgIpc) is 3.14. The first-order chi connectivity index (χ1) is 13.5. The van der Waals surface area contributed by atoms with Crippen LogP contribution in [0.4, 0.5) is 5.69 Å². The van der Waals surface area contributed by atoms with Crippen LogP contribution in [0.1, 0.15) is 33.7 Å². The molecule has 28 heavy (non-hydrogen) atoms. The van der Waals surface area contributed by atoms with Gasteiger partial charge in [0.15, 0.2) is 15.6 Å². The molecule has 6 heteroatoms. The Morgan fingerprint density at radius 3 is 2.68 bits per heavy atom. The summed E-state index contributed by atoms with van der Waals surface area (Å²) < 4.78 is 30.9. The van der Waals surface area contributed by atoms with Crippen LogP contribution in [0.3, 0.4) is 0 Å². The Labute approximate surface area is 164 Å². The van der Waals surface area contributed by atoms with Gasteiger partial charge in [0.05, 0.1) is 16.9 Å². The van der Waals surface area contributed by atoms with Crippen molar-refractivity contribution >= 4 is 21.4 Å². The molecule has 0 radical (unpaired) electrons. The number of sulfone groups is 1. The van der Waals surface area contributed by atoms with Gasteiger partial charge in [-0.15, -0.1) is 0 Å². The maximum absolute atomic E-state index is 13.2. The van der Waals surface area contributed by atoms with Crippen LogP contribution in [0.25, 0.3) is 0 Å². The fourth-order valence-corrected chi connectivity index (χ4v) is 4.99. The summed E-state index contributed by atoms with van der Waals surface area (Å²) in [5, 5.41) is 0. The van der Waals surface area contributed by atoms with Crippen LogP contribution in [0.15, 0.2) is 70.2 Å². The number of carbonyl (C=O) groups excluding carboxylic acids is 1. The summed E-state index contributed by atoms with van der Waals surface area (Å²) in [5.74, 6) is -0.482. The second kappa shape index (κ2) is 7.28. The molecule has 2 heterocycles. The van der Waals surface area contributed by atoms with Gasteiger partial charge in [0.1, 0.15) is 0 Å². The van der Waals surface area contributed by atoms with E-state index in [1.165, 1.54) is 6.26 Å². The summed E-state index contributed by atoms with van der Waals surface area (Å²) in [6.07, 6.45) is 3.16. The van der Waals surface area contributed by atoms with E-state index in [9.17, 15) is 13.2 Å². The molecule has 1 aliphatic heterocycles. The van der Waals surface area contributed by atoms with E-state index in [-0.39, 0.29) is 22.3 Å². The molecule has 4 rings (SSSR count). The normalized spacial score (nSPS) is 14.0. The molecule has 0 spiro atoms. The van der Waals surface area contributed by atoms with E-state index in [4.69, 9.17) is 4.42 Å². The van der Waals surface area contributed by atoms with E-state index in [0.29, 0.717) is 12.1 Å². The Kier molecular flexibility index (Phi) is 4.81. The van der Waals surface area contributed by atoms with Crippen LogP contribution < -0.4 is 4.90 Å². The van der Waals surface area contributed by atoms with Gasteiger partial charge in [-0.1, -0.05) is 35.9 Å². The van der Waals surface area contributed by atoms with Crippen molar-refractivity contribution in [3.8, 4) is 0 Å². The van der Waals surface area contributed by atoms with E-state index in [1.807, 2.05) is 19.1 Å². The summed E-state index contributed by atoms with van der Waals surface area (Å²) in [6.45, 7) is 2.61. The number of rotatable bonds is 4. The molecular weight excluding hydrogens is 374 g/mol. The summed E-state index contributed by atoms with van der Waals surface area (Å²) in [7, 11) is -3.57. The lowest BCUT2D eigenvalue weighted by Crippen LogP contribution is -2.35. The summed E-state index contributed by atoms with van der Waals surface area (Å²) in [4.78, 5) is 15.1. The highest BCUT2D eigenvalue weighted by molar-refractivity contribution is 7.90. The first-order valence-electron chi connectivity index (χ1n) is 9.21. The minimum absolute atomic E-state index is 0.0907. The van der Waals surface area contributed by atoms with E-state index in [1.54, 1.807) is 41.3 Å². The monoisotopic (exact) mass is 395 g/mol. The van der Waals surface area contributed by atoms with Crippen molar-refractivity contribution in [3.63, 3.8) is 0 Å². The first kappa shape index (κ1) is 18.5. The molecule has 1 aromatic heterocycles. The number of fused-ring (bicyclic) bond motifs is 1. The number of carbonyl (C=O) groups is 1. The number of aryl methyl sites for hydroxylation is 2. The van der Waals surface area contributed by atoms with Gasteiger partial charge >= 0.3 is 0 Å². The third-order valence-corrected chi connectivity index (χ3v) is 6.67. The number of anilines is 1. The predicted molar refractivity (Wildman–Crippen MR) is 107 cm³/mol. The Morgan fingerprint density at radius 1 is 1.11 bits per heavy atom. The van der Waals surface area contributed by atoms with E-state index in [0.717, 1.165) is 29.7 Å². The molecule has 0 bridgehead atoms. The zero-order valence-electron chi connectivity index (χ0n) is 15.6. The third-order valence-electron chi connectivity index (χ3n) is 4.99. The van der Waals surface area contributed by atoms with Crippen molar-refractivity contribution in [2.24, 2.45) is 0 Å². The fourth-order valence-electron chi connectivity index (χ4n) is 3.61. The number of hydrogen-bond acceptors (Lipinski definition) is 4. The minimum atomic E-state index is -3.57. The molecule has 1 amide bonds. The van der Waals surface area contributed by atoms with E-state index < -0.39 is 9.84 Å². The number of furan rings is 1. The highest BCUT2D eigenvalue weighted by Crippen LogP contribution is 2.30. The Hall–Kier alpha value is -2.86. The maximum atomic E-state index is 13.2. The molecule has 0 aliphatic carbocycles. The van der Waals surface area contributed by atoms with Crippen molar-refractivity contribution in [2.45, 2.75) is 30.4 Å². The third kappa shape index (κ3) is 3.47. The zero-order valence-corrected chi connectivity index (χ0v) is 16.4. The SMILES string of the molecule is Cc1ccc2c(c1)CCCN2C(=O)c1occc1CS(=O)(=O)c1ccccc1. The number of benzene rings is 2. The number of amides is 1. The quantitative estimate of drug-likeness (QED) is 0.665. The molecule has 0 atom stereocenters. The number of hydrogen-bond donors (Lipinski definition) is 0. The average molecular weight is 395 g/mol. The molecule has 2 aromatic carbocycles. The van der Waals surface area contributed by atoms with Crippen LogP contribution in [0, 0.1) is 6.92 Å². The summed E-state index contributed by atoms with van der Waals surface area (Å²) in [6, 6.07) is 15.8. The molecule has 0 fully saturated rings. The predicted octanol–water partition coefficient (Wildman–Crippen LogP) is 4.15. The summed E-state index contributed by atoms with van der Waals surface area (Å²) >= 11 is 0. The standard InChI is InChI=1S/C22H21NO4S/c1-16-9-10-20-17(14-16)6-5-12-23(20)22(24)21-18(11-13-27-21)15-28(25,26)19-7-3-2-4-8-19/h2-4,7-11,13-14H,5-6,12,15H2,1H3. The lowest BCUT2D eigenvalue weighted by molar-refractivity contribution is 0.0957. The molecular formula is C22H21NO4S. The highest BCUT2D eigenvalue weighted by Gasteiger charge is 2.29. The van der Waals surface area contributed by atoms with Crippen molar-refractivity contribution < 1.29 is 17.6 Å². The van der Waals surface area contributed by atoms with Gasteiger partial charge in [-0.25, -0.2) is 8.42 Å². The highest BCUT2D eigenvalue weighted by atomic mass is 32.2. The molecule has 0 N–H and O–H groups in total. The van der Waals surface area contributed by atoms with Crippen LogP contribution >= 0.6 is 0 Å². The van der Waals surface area contributed by atoms with Crippen molar-refractivity contribution in [3.05, 3.63) is 83.3 Å². The molecule has 0 saturated carbocycles. The van der Waals surface area contributed by atoms with Crippen LogP contribution in [-0.4, -0.2) is 20.9 Å². The zero-order chi connectivity index (χ0) is 19.7. The van der Waals surface area contributed by atoms with E-state index >= 15 is 0 Å². The molecule has 5 nitrogen and oxygen atoms in total. The van der Waals surface area contributed by atoms with Gasteiger partial charge in [0, 0.05) is 17.8 Å². The molecule has 3 aromatic rings. The van der Waals surface area contributed by atoms with Gasteiger partial charge in [-0.3, -0.25) is 4.79 Å². The lowest BCUT2D eigenvalue weighted by Gasteiger charge is -2.29. The van der Waals surface area contributed by atoms with Crippen LogP contribution in [0.5, 0.6) is 0 Å². The Bertz CT molecular complexity index is 1120. The topological polar surface area (TPSA) is 67.6 Å². The van der Waals surface area contributed by atoms with E-state index in [2.05, 4.69) is 6.07 Å². The molecule has 1 aliphatic rings. The molecule has 144 valence electrons. The smallest absolute Gasteiger partial charge is 0.294 e. The molecule has 0 unspecified atom stereocenters. The Balaban J connectivity index is 1.64. The second-order valence-corrected chi connectivity index (χ2v) is 9.03. The summed E-state index contributed by atoms with van der Waals surface area (Å²) in [5.41, 5.74) is 3.54. The maximum Gasteiger partial charge on any atom is 0.294 e. The minimum Gasteiger partial charge on any atom is -0.459 e. The second-order valence-electron chi connectivity index (χ2n) is 7.04. The van der Waals surface area contributed by atoms with Crippen molar-refractivity contribution in [1.82, 2.24) is 0 Å². The van der Waals surface area contributed by atoms with Crippen LogP contribution in [0.2, 0.25) is 0 Å². The van der Waals surface area contributed by atoms with Crippen molar-refractivity contribution in [1.29, 1.82) is 0 Å².